The lowest BCUT2D eigenvalue weighted by atomic mass is 9.88. The second kappa shape index (κ2) is 20.7. The molecule has 0 radical (unpaired) electrons. The third-order valence-electron chi connectivity index (χ3n) is 18.0. The number of imidazole rings is 1. The summed E-state index contributed by atoms with van der Waals surface area (Å²) in [6.07, 6.45) is 16.1. The van der Waals surface area contributed by atoms with E-state index in [-0.39, 0.29) is 78.2 Å². The number of nitrogens with zero attached hydrogens (tertiary/aromatic N) is 9. The van der Waals surface area contributed by atoms with Crippen LogP contribution in [0.3, 0.4) is 0 Å². The number of terminal acetylenes is 1. The number of carbonyl (C=O) groups is 3. The normalized spacial score (nSPS) is 24.8. The molecule has 1 unspecified atom stereocenters. The molecule has 2 N–H and O–H groups in total. The Morgan fingerprint density at radius 3 is 2.51 bits per heavy atom. The molecule has 19 heteroatoms. The number of pyridine rings is 1. The zero-order valence-corrected chi connectivity index (χ0v) is 44.3. The van der Waals surface area contributed by atoms with Gasteiger partial charge < -0.3 is 29.3 Å². The van der Waals surface area contributed by atoms with Gasteiger partial charge in [0.25, 0.3) is 0 Å². The predicted molar refractivity (Wildman–Crippen MR) is 290 cm³/mol. The summed E-state index contributed by atoms with van der Waals surface area (Å²) in [6, 6.07) is 13.6. The molecule has 78 heavy (non-hydrogen) atoms. The molecule has 6 aliphatic heterocycles. The molecule has 3 amide bonds. The molecule has 0 aliphatic carbocycles. The number of β-amino-alcohol motifs (C(OH)–C–C–N with tert-alkyl or cyclic N) is 1. The van der Waals surface area contributed by atoms with Gasteiger partial charge in [0.05, 0.1) is 33.1 Å². The summed E-state index contributed by atoms with van der Waals surface area (Å²) in [5.41, 5.74) is 1.39. The van der Waals surface area contributed by atoms with Gasteiger partial charge in [-0.3, -0.25) is 33.9 Å². The van der Waals surface area contributed by atoms with E-state index in [1.165, 1.54) is 22.4 Å². The minimum atomic E-state index is -0.992. The molecule has 6 aromatic rings. The number of fused-ring (bicyclic) bond motifs is 4. The van der Waals surface area contributed by atoms with E-state index in [1.807, 2.05) is 15.9 Å². The average molecular weight is 1070 g/mol. The number of rotatable bonds is 11. The van der Waals surface area contributed by atoms with Gasteiger partial charge in [-0.1, -0.05) is 36.3 Å². The maximum Gasteiger partial charge on any atom is 0.409 e. The number of anilines is 1. The number of nitrogens with one attached hydrogen (secondary N) is 1. The number of halogens is 2. The van der Waals surface area contributed by atoms with Gasteiger partial charge in [0.2, 0.25) is 11.8 Å². The summed E-state index contributed by atoms with van der Waals surface area (Å²) >= 11 is 0. The van der Waals surface area contributed by atoms with E-state index in [1.54, 1.807) is 42.8 Å². The first-order chi connectivity index (χ1) is 37.7. The van der Waals surface area contributed by atoms with Crippen molar-refractivity contribution in [3.05, 3.63) is 88.0 Å². The highest BCUT2D eigenvalue weighted by molar-refractivity contribution is 6.02. The van der Waals surface area contributed by atoms with Gasteiger partial charge in [0.1, 0.15) is 42.1 Å². The second-order valence-electron chi connectivity index (χ2n) is 23.0. The summed E-state index contributed by atoms with van der Waals surface area (Å²) in [6.45, 7) is 8.20. The third-order valence-corrected chi connectivity index (χ3v) is 18.0. The number of piperidine rings is 4. The van der Waals surface area contributed by atoms with Crippen LogP contribution in [-0.4, -0.2) is 145 Å². The Labute approximate surface area is 450 Å². The molecular weight excluding hydrogens is 999 g/mol. The van der Waals surface area contributed by atoms with Crippen LogP contribution >= 0.6 is 0 Å². The maximum absolute atomic E-state index is 17.2. The first-order valence-corrected chi connectivity index (χ1v) is 27.8. The summed E-state index contributed by atoms with van der Waals surface area (Å²) < 4.78 is 48.0. The van der Waals surface area contributed by atoms with Gasteiger partial charge in [0.15, 0.2) is 5.82 Å². The van der Waals surface area contributed by atoms with Gasteiger partial charge >= 0.3 is 17.8 Å². The Hall–Kier alpha value is -7.01. The number of aromatic nitrogens is 5. The van der Waals surface area contributed by atoms with Gasteiger partial charge in [0, 0.05) is 69.4 Å². The molecule has 17 nitrogen and oxygen atoms in total. The molecule has 12 rings (SSSR count). The molecule has 4 atom stereocenters. The minimum Gasteiger partial charge on any atom is -0.461 e. The molecule has 3 aromatic carbocycles. The highest BCUT2D eigenvalue weighted by Crippen LogP contribution is 2.44. The number of amides is 3. The number of carbonyl (C=O) groups excluding carboxylic acids is 3. The van der Waals surface area contributed by atoms with Crippen molar-refractivity contribution in [2.24, 2.45) is 13.0 Å². The van der Waals surface area contributed by atoms with E-state index in [2.05, 4.69) is 38.2 Å². The quantitative estimate of drug-likeness (QED) is 0.0985. The predicted octanol–water partition coefficient (Wildman–Crippen LogP) is 7.19. The molecule has 9 heterocycles. The third kappa shape index (κ3) is 9.52. The number of benzene rings is 3. The van der Waals surface area contributed by atoms with Crippen molar-refractivity contribution in [2.45, 2.75) is 113 Å². The Bertz CT molecular complexity index is 3470. The number of aryl methyl sites for hydroxylation is 1. The maximum atomic E-state index is 17.2. The summed E-state index contributed by atoms with van der Waals surface area (Å²) in [7, 11) is 1.73. The van der Waals surface area contributed by atoms with Crippen LogP contribution in [0.1, 0.15) is 107 Å². The number of aliphatic hydroxyl groups is 1. The van der Waals surface area contributed by atoms with Gasteiger partial charge in [-0.05, 0) is 138 Å². The Morgan fingerprint density at radius 2 is 1.73 bits per heavy atom. The van der Waals surface area contributed by atoms with Gasteiger partial charge in [-0.15, -0.1) is 6.42 Å². The Balaban J connectivity index is 0.659. The smallest absolute Gasteiger partial charge is 0.409 e. The highest BCUT2D eigenvalue weighted by Gasteiger charge is 2.50. The van der Waals surface area contributed by atoms with Crippen LogP contribution in [0.5, 0.6) is 6.01 Å². The fraction of sp³-hybridized carbons (Fsp3) is 0.508. The number of hydrogen-bond acceptors (Lipinski definition) is 13. The van der Waals surface area contributed by atoms with Crippen LogP contribution in [0.4, 0.5) is 19.4 Å². The van der Waals surface area contributed by atoms with Crippen molar-refractivity contribution < 1.29 is 37.7 Å². The SMILES string of the molecule is C#Cc1c(F)ccc2cccc(-c3ncc4c(N5CCC[C@@](C)(O)C5)nc(OC[C@@]56CCCN5[C@H](COC(=O)N5CCC(CN7CCC(c8ccc9c(c8)n(C)c(=O)n9C8CCC(=O)NC8=O)CC7)CC5)CC6)nc4c3F)c12. The standard InChI is InChI=1S/C59H66F2N10O7/c1-4-41-44(60)12-10-38-8-5-9-42(49(38)41)51-50(61)52-43(31-62-51)53(69-24-6-21-58(2,76)34-69)65-55(64-52)78-35-59-22-7-25-70(59)40(16-23-59)33-77-57(75)68-28-17-36(18-29-68)32-67-26-19-37(20-27-67)39-11-13-45-47(30-39)66(3)56(74)71(45)46-14-15-48(72)63-54(46)73/h1,5,8-13,30-31,36-37,40,46,76H,6-7,14-29,32-35H2,2-3H3,(H,63,72,73)/t40-,46?,58+,59-/m0/s1. The van der Waals surface area contributed by atoms with E-state index in [0.717, 1.165) is 83.1 Å². The molecule has 6 saturated heterocycles. The largest absolute Gasteiger partial charge is 0.461 e. The average Bonchev–Trinajstić information content (AvgIpc) is 4.27. The number of imide groups is 1. The van der Waals surface area contributed by atoms with E-state index >= 15 is 8.78 Å². The van der Waals surface area contributed by atoms with E-state index < -0.39 is 29.2 Å². The van der Waals surface area contributed by atoms with Crippen molar-refractivity contribution in [1.29, 1.82) is 0 Å². The summed E-state index contributed by atoms with van der Waals surface area (Å²) in [5.74, 6) is 1.63. The molecule has 0 saturated carbocycles. The van der Waals surface area contributed by atoms with Crippen LogP contribution in [0, 0.1) is 29.9 Å². The molecule has 6 aliphatic rings. The molecule has 3 aromatic heterocycles. The van der Waals surface area contributed by atoms with Crippen LogP contribution in [0.15, 0.2) is 59.5 Å². The van der Waals surface area contributed by atoms with Crippen molar-refractivity contribution in [3.8, 4) is 29.6 Å². The Morgan fingerprint density at radius 1 is 0.923 bits per heavy atom. The van der Waals surface area contributed by atoms with Crippen molar-refractivity contribution in [1.82, 2.24) is 44.1 Å². The second-order valence-corrected chi connectivity index (χ2v) is 23.0. The molecule has 0 spiro atoms. The van der Waals surface area contributed by atoms with Crippen LogP contribution in [0.2, 0.25) is 0 Å². The van der Waals surface area contributed by atoms with Gasteiger partial charge in [-0.25, -0.2) is 18.4 Å². The van der Waals surface area contributed by atoms with Crippen LogP contribution in [-0.2, 0) is 21.4 Å². The Kier molecular flexibility index (Phi) is 13.7. The zero-order valence-electron chi connectivity index (χ0n) is 44.3. The van der Waals surface area contributed by atoms with Crippen molar-refractivity contribution >= 4 is 56.4 Å². The number of likely N-dealkylation sites (tertiary alicyclic amines) is 2. The summed E-state index contributed by atoms with van der Waals surface area (Å²) in [5, 5.41) is 14.9. The fourth-order valence-electron chi connectivity index (χ4n) is 13.8. The lowest BCUT2D eigenvalue weighted by molar-refractivity contribution is -0.135. The number of hydrogen-bond donors (Lipinski definition) is 2. The molecular formula is C59H66F2N10O7. The lowest BCUT2D eigenvalue weighted by Crippen LogP contribution is -2.49. The first kappa shape index (κ1) is 51.7. The lowest BCUT2D eigenvalue weighted by Gasteiger charge is -2.38. The monoisotopic (exact) mass is 1060 g/mol. The zero-order chi connectivity index (χ0) is 54.0. The van der Waals surface area contributed by atoms with Crippen molar-refractivity contribution in [2.75, 3.05) is 70.5 Å². The van der Waals surface area contributed by atoms with Crippen LogP contribution < -0.4 is 20.6 Å². The van der Waals surface area contributed by atoms with Gasteiger partial charge in [-0.2, -0.15) is 9.97 Å². The fourth-order valence-corrected chi connectivity index (χ4v) is 13.8. The number of ether oxygens (including phenoxy) is 2. The van der Waals surface area contributed by atoms with E-state index in [4.69, 9.17) is 25.9 Å². The van der Waals surface area contributed by atoms with Crippen molar-refractivity contribution in [3.63, 3.8) is 0 Å². The topological polar surface area (TPSA) is 180 Å². The van der Waals surface area contributed by atoms with Crippen LogP contribution in [0.25, 0.3) is 44.0 Å². The molecule has 6 fully saturated rings. The first-order valence-electron chi connectivity index (χ1n) is 27.8. The highest BCUT2D eigenvalue weighted by atomic mass is 19.1. The molecule has 408 valence electrons. The minimum absolute atomic E-state index is 0.00153. The van der Waals surface area contributed by atoms with E-state index in [0.29, 0.717) is 83.8 Å². The van der Waals surface area contributed by atoms with E-state index in [9.17, 15) is 24.3 Å². The summed E-state index contributed by atoms with van der Waals surface area (Å²) in [4.78, 5) is 74.3. The molecule has 0 bridgehead atoms.